The lowest BCUT2D eigenvalue weighted by Gasteiger charge is -2.24. The van der Waals surface area contributed by atoms with Crippen molar-refractivity contribution in [3.8, 4) is 0 Å². The quantitative estimate of drug-likeness (QED) is 0.696. The lowest BCUT2D eigenvalue weighted by molar-refractivity contribution is 0.313. The monoisotopic (exact) mass is 215 g/mol. The smallest absolute Gasteiger partial charge is 0.240 e. The first-order chi connectivity index (χ1) is 7.72. The van der Waals surface area contributed by atoms with Gasteiger partial charge in [0.2, 0.25) is 5.95 Å². The molecule has 2 heterocycles. The van der Waals surface area contributed by atoms with Gasteiger partial charge in [-0.2, -0.15) is 0 Å². The standard InChI is InChI=1S/C11H13N5/c1-16-3-2-7-4-10-9(5-8(7)6-16)13-11(12)15-14-10/h4-5H,2-3,6H2,1H3,(H2,12,13,15). The van der Waals surface area contributed by atoms with Crippen LogP contribution in [0, 0.1) is 0 Å². The van der Waals surface area contributed by atoms with Gasteiger partial charge >= 0.3 is 0 Å². The summed E-state index contributed by atoms with van der Waals surface area (Å²) in [5.41, 5.74) is 9.87. The maximum atomic E-state index is 5.53. The van der Waals surface area contributed by atoms with Crippen molar-refractivity contribution >= 4 is 17.0 Å². The van der Waals surface area contributed by atoms with Gasteiger partial charge in [0.05, 0.1) is 5.52 Å². The van der Waals surface area contributed by atoms with Crippen LogP contribution >= 0.6 is 0 Å². The molecular formula is C11H13N5. The number of benzene rings is 1. The third kappa shape index (κ3) is 1.49. The molecule has 1 aliphatic rings. The molecule has 1 aromatic carbocycles. The summed E-state index contributed by atoms with van der Waals surface area (Å²) in [5.74, 6) is 0.233. The van der Waals surface area contributed by atoms with Crippen LogP contribution in [0.3, 0.4) is 0 Å². The minimum atomic E-state index is 0.233. The zero-order valence-electron chi connectivity index (χ0n) is 9.14. The van der Waals surface area contributed by atoms with E-state index in [2.05, 4.69) is 39.3 Å². The first-order valence-corrected chi connectivity index (χ1v) is 5.32. The third-order valence-corrected chi connectivity index (χ3v) is 3.00. The van der Waals surface area contributed by atoms with Crippen molar-refractivity contribution in [2.45, 2.75) is 13.0 Å². The second-order valence-electron chi connectivity index (χ2n) is 4.27. The molecule has 82 valence electrons. The Kier molecular flexibility index (Phi) is 2.00. The van der Waals surface area contributed by atoms with E-state index in [9.17, 15) is 0 Å². The molecule has 5 heteroatoms. The molecule has 0 unspecified atom stereocenters. The van der Waals surface area contributed by atoms with Crippen LogP contribution in [0.1, 0.15) is 11.1 Å². The fourth-order valence-electron chi connectivity index (χ4n) is 2.14. The molecule has 0 radical (unpaired) electrons. The van der Waals surface area contributed by atoms with Crippen molar-refractivity contribution in [2.75, 3.05) is 19.3 Å². The molecule has 0 spiro atoms. The number of anilines is 1. The highest BCUT2D eigenvalue weighted by Gasteiger charge is 2.14. The van der Waals surface area contributed by atoms with Gasteiger partial charge in [0, 0.05) is 13.1 Å². The van der Waals surface area contributed by atoms with Crippen LogP contribution < -0.4 is 5.73 Å². The number of nitrogens with zero attached hydrogens (tertiary/aromatic N) is 4. The molecule has 3 rings (SSSR count). The minimum Gasteiger partial charge on any atom is -0.366 e. The number of hydrogen-bond donors (Lipinski definition) is 1. The highest BCUT2D eigenvalue weighted by Crippen LogP contribution is 2.22. The molecule has 2 aromatic rings. The van der Waals surface area contributed by atoms with Crippen LogP contribution in [0.15, 0.2) is 12.1 Å². The van der Waals surface area contributed by atoms with E-state index < -0.39 is 0 Å². The maximum Gasteiger partial charge on any atom is 0.240 e. The molecule has 0 saturated heterocycles. The molecule has 0 atom stereocenters. The van der Waals surface area contributed by atoms with Crippen LogP contribution in [0.5, 0.6) is 0 Å². The number of hydrogen-bond acceptors (Lipinski definition) is 5. The summed E-state index contributed by atoms with van der Waals surface area (Å²) in [5, 5.41) is 7.83. The van der Waals surface area contributed by atoms with Crippen molar-refractivity contribution in [3.05, 3.63) is 23.3 Å². The largest absolute Gasteiger partial charge is 0.366 e. The van der Waals surface area contributed by atoms with Gasteiger partial charge < -0.3 is 10.6 Å². The molecule has 1 aromatic heterocycles. The number of rotatable bonds is 0. The van der Waals surface area contributed by atoms with E-state index in [0.717, 1.165) is 30.5 Å². The molecule has 0 fully saturated rings. The summed E-state index contributed by atoms with van der Waals surface area (Å²) in [7, 11) is 2.12. The molecule has 0 saturated carbocycles. The van der Waals surface area contributed by atoms with Gasteiger partial charge in [0.1, 0.15) is 5.52 Å². The SMILES string of the molecule is CN1CCc2cc3nnc(N)nc3cc2C1. The molecule has 16 heavy (non-hydrogen) atoms. The number of nitrogens with two attached hydrogens (primary N) is 1. The number of likely N-dealkylation sites (N-methyl/N-ethyl adjacent to an activating group) is 1. The molecule has 2 N–H and O–H groups in total. The zero-order chi connectivity index (χ0) is 11.1. The summed E-state index contributed by atoms with van der Waals surface area (Å²) in [6, 6.07) is 4.16. The van der Waals surface area contributed by atoms with E-state index in [1.54, 1.807) is 0 Å². The number of nitrogen functional groups attached to an aromatic ring is 1. The van der Waals surface area contributed by atoms with Crippen LogP contribution in [0.2, 0.25) is 0 Å². The summed E-state index contributed by atoms with van der Waals surface area (Å²) >= 11 is 0. The summed E-state index contributed by atoms with van der Waals surface area (Å²) in [6.07, 6.45) is 1.06. The number of aromatic nitrogens is 3. The van der Waals surface area contributed by atoms with Crippen LogP contribution in [0.25, 0.3) is 11.0 Å². The maximum absolute atomic E-state index is 5.53. The minimum absolute atomic E-state index is 0.233. The third-order valence-electron chi connectivity index (χ3n) is 3.00. The summed E-state index contributed by atoms with van der Waals surface area (Å²) in [6.45, 7) is 2.06. The van der Waals surface area contributed by atoms with Crippen LogP contribution in [0.4, 0.5) is 5.95 Å². The van der Waals surface area contributed by atoms with E-state index in [1.807, 2.05) is 0 Å². The normalized spacial score (nSPS) is 16.3. The van der Waals surface area contributed by atoms with E-state index in [1.165, 1.54) is 11.1 Å². The summed E-state index contributed by atoms with van der Waals surface area (Å²) in [4.78, 5) is 6.49. The molecule has 5 nitrogen and oxygen atoms in total. The van der Waals surface area contributed by atoms with Gasteiger partial charge in [0.25, 0.3) is 0 Å². The first-order valence-electron chi connectivity index (χ1n) is 5.32. The number of fused-ring (bicyclic) bond motifs is 2. The first kappa shape index (κ1) is 9.47. The fourth-order valence-corrected chi connectivity index (χ4v) is 2.14. The molecule has 0 aliphatic carbocycles. The Morgan fingerprint density at radius 2 is 2.00 bits per heavy atom. The van der Waals surface area contributed by atoms with Gasteiger partial charge in [-0.05, 0) is 36.7 Å². The highest BCUT2D eigenvalue weighted by molar-refractivity contribution is 5.76. The topological polar surface area (TPSA) is 67.9 Å². The molecule has 0 bridgehead atoms. The van der Waals surface area contributed by atoms with Crippen molar-refractivity contribution in [3.63, 3.8) is 0 Å². The second kappa shape index (κ2) is 3.38. The van der Waals surface area contributed by atoms with Gasteiger partial charge in [-0.15, -0.1) is 10.2 Å². The van der Waals surface area contributed by atoms with Gasteiger partial charge in [-0.1, -0.05) is 0 Å². The van der Waals surface area contributed by atoms with Crippen LogP contribution in [-0.2, 0) is 13.0 Å². The molecule has 1 aliphatic heterocycles. The predicted molar refractivity (Wildman–Crippen MR) is 61.8 cm³/mol. The summed E-state index contributed by atoms with van der Waals surface area (Å²) < 4.78 is 0. The Hall–Kier alpha value is -1.75. The zero-order valence-corrected chi connectivity index (χ0v) is 9.14. The van der Waals surface area contributed by atoms with E-state index in [0.29, 0.717) is 0 Å². The fraction of sp³-hybridized carbons (Fsp3) is 0.364. The van der Waals surface area contributed by atoms with E-state index >= 15 is 0 Å². The van der Waals surface area contributed by atoms with E-state index in [4.69, 9.17) is 5.73 Å². The second-order valence-corrected chi connectivity index (χ2v) is 4.27. The highest BCUT2D eigenvalue weighted by atomic mass is 15.2. The Labute approximate surface area is 93.3 Å². The van der Waals surface area contributed by atoms with Crippen molar-refractivity contribution < 1.29 is 0 Å². The average Bonchev–Trinajstić information content (AvgIpc) is 2.26. The Morgan fingerprint density at radius 1 is 1.19 bits per heavy atom. The lowest BCUT2D eigenvalue weighted by Crippen LogP contribution is -2.26. The Morgan fingerprint density at radius 3 is 2.88 bits per heavy atom. The Balaban J connectivity index is 2.20. The van der Waals surface area contributed by atoms with Crippen molar-refractivity contribution in [1.29, 1.82) is 0 Å². The van der Waals surface area contributed by atoms with Gasteiger partial charge in [-0.3, -0.25) is 0 Å². The predicted octanol–water partition coefficient (Wildman–Crippen LogP) is 0.595. The van der Waals surface area contributed by atoms with E-state index in [-0.39, 0.29) is 5.95 Å². The lowest BCUT2D eigenvalue weighted by atomic mass is 9.99. The van der Waals surface area contributed by atoms with Gasteiger partial charge in [0.15, 0.2) is 0 Å². The molecule has 0 amide bonds. The average molecular weight is 215 g/mol. The van der Waals surface area contributed by atoms with Crippen molar-refractivity contribution in [2.24, 2.45) is 0 Å². The van der Waals surface area contributed by atoms with Gasteiger partial charge in [-0.25, -0.2) is 4.98 Å². The molecular weight excluding hydrogens is 202 g/mol. The van der Waals surface area contributed by atoms with Crippen molar-refractivity contribution in [1.82, 2.24) is 20.1 Å². The van der Waals surface area contributed by atoms with Crippen LogP contribution in [-0.4, -0.2) is 33.7 Å². The Bertz CT molecular complexity index is 551.